The molecular formula is C13H14N2O4S. The second kappa shape index (κ2) is 6.95. The van der Waals surface area contributed by atoms with E-state index in [1.807, 2.05) is 31.2 Å². The molecule has 1 aromatic carbocycles. The minimum absolute atomic E-state index is 0.110. The number of hydrogen-bond donors (Lipinski definition) is 1. The number of carboxylic acids is 1. The Bertz CT molecular complexity index is 585. The molecule has 6 nitrogen and oxygen atoms in total. The van der Waals surface area contributed by atoms with Gasteiger partial charge in [0.15, 0.2) is 0 Å². The number of nitrogens with zero attached hydrogens (tertiary/aromatic N) is 2. The normalized spacial score (nSPS) is 10.4. The summed E-state index contributed by atoms with van der Waals surface area (Å²) >= 11 is 0.991. The molecule has 2 rings (SSSR count). The molecule has 0 saturated heterocycles. The molecule has 2 aromatic rings. The van der Waals surface area contributed by atoms with Crippen molar-refractivity contribution in [3.63, 3.8) is 0 Å². The van der Waals surface area contributed by atoms with E-state index in [9.17, 15) is 4.79 Å². The van der Waals surface area contributed by atoms with Crippen LogP contribution in [0.15, 0.2) is 33.9 Å². The maximum absolute atomic E-state index is 10.5. The number of carboxylic acid groups (broad SMARTS) is 1. The Morgan fingerprint density at radius 1 is 1.45 bits per heavy atom. The second-order valence-corrected chi connectivity index (χ2v) is 4.86. The van der Waals surface area contributed by atoms with Crippen molar-refractivity contribution in [2.24, 2.45) is 0 Å². The van der Waals surface area contributed by atoms with Crippen LogP contribution in [0.25, 0.3) is 11.5 Å². The van der Waals surface area contributed by atoms with Gasteiger partial charge >= 0.3 is 5.97 Å². The lowest BCUT2D eigenvalue weighted by Gasteiger charge is -2.04. The SMILES string of the molecule is CCCOc1cccc(-c2nnc(SCC(=O)O)o2)c1. The molecule has 0 fully saturated rings. The number of benzene rings is 1. The Morgan fingerprint density at radius 3 is 3.05 bits per heavy atom. The van der Waals surface area contributed by atoms with E-state index in [1.165, 1.54) is 0 Å². The molecule has 106 valence electrons. The first-order valence-corrected chi connectivity index (χ1v) is 7.09. The van der Waals surface area contributed by atoms with Crippen LogP contribution in [0.2, 0.25) is 0 Å². The molecule has 1 aromatic heterocycles. The van der Waals surface area contributed by atoms with Crippen LogP contribution >= 0.6 is 11.8 Å². The van der Waals surface area contributed by atoms with E-state index in [0.717, 1.165) is 29.5 Å². The molecule has 0 aliphatic heterocycles. The number of aliphatic carboxylic acids is 1. The van der Waals surface area contributed by atoms with Gasteiger partial charge in [0.25, 0.3) is 5.22 Å². The first kappa shape index (κ1) is 14.4. The van der Waals surface area contributed by atoms with Crippen molar-refractivity contribution < 1.29 is 19.1 Å². The predicted octanol–water partition coefficient (Wildman–Crippen LogP) is 2.70. The lowest BCUT2D eigenvalue weighted by Crippen LogP contribution is -1.97. The van der Waals surface area contributed by atoms with E-state index < -0.39 is 5.97 Å². The molecule has 0 bridgehead atoms. The Hall–Kier alpha value is -2.02. The van der Waals surface area contributed by atoms with Crippen molar-refractivity contribution in [2.75, 3.05) is 12.4 Å². The van der Waals surface area contributed by atoms with E-state index in [1.54, 1.807) is 0 Å². The van der Waals surface area contributed by atoms with Gasteiger partial charge in [0, 0.05) is 5.56 Å². The fourth-order valence-corrected chi connectivity index (χ4v) is 1.93. The zero-order valence-corrected chi connectivity index (χ0v) is 11.7. The van der Waals surface area contributed by atoms with Crippen molar-refractivity contribution in [3.8, 4) is 17.2 Å². The Labute approximate surface area is 120 Å². The van der Waals surface area contributed by atoms with Crippen molar-refractivity contribution >= 4 is 17.7 Å². The molecular weight excluding hydrogens is 280 g/mol. The summed E-state index contributed by atoms with van der Waals surface area (Å²) in [7, 11) is 0. The smallest absolute Gasteiger partial charge is 0.314 e. The molecule has 0 aliphatic carbocycles. The van der Waals surface area contributed by atoms with Gasteiger partial charge in [-0.2, -0.15) is 0 Å². The third kappa shape index (κ3) is 3.99. The molecule has 20 heavy (non-hydrogen) atoms. The van der Waals surface area contributed by atoms with Crippen LogP contribution in [-0.2, 0) is 4.79 Å². The van der Waals surface area contributed by atoms with Crippen molar-refractivity contribution in [2.45, 2.75) is 18.6 Å². The number of ether oxygens (including phenoxy) is 1. The van der Waals surface area contributed by atoms with E-state index in [4.69, 9.17) is 14.3 Å². The van der Waals surface area contributed by atoms with Gasteiger partial charge in [-0.25, -0.2) is 0 Å². The maximum Gasteiger partial charge on any atom is 0.314 e. The lowest BCUT2D eigenvalue weighted by atomic mass is 10.2. The van der Waals surface area contributed by atoms with Gasteiger partial charge in [0.05, 0.1) is 6.61 Å². The number of rotatable bonds is 7. The summed E-state index contributed by atoms with van der Waals surface area (Å²) in [5, 5.41) is 16.5. The topological polar surface area (TPSA) is 85.5 Å². The lowest BCUT2D eigenvalue weighted by molar-refractivity contribution is -0.133. The van der Waals surface area contributed by atoms with Gasteiger partial charge in [0.2, 0.25) is 5.89 Å². The van der Waals surface area contributed by atoms with Gasteiger partial charge in [-0.3, -0.25) is 4.79 Å². The summed E-state index contributed by atoms with van der Waals surface area (Å²) in [5.41, 5.74) is 0.744. The summed E-state index contributed by atoms with van der Waals surface area (Å²) in [5.74, 6) is 0.0493. The minimum atomic E-state index is -0.926. The number of aromatic nitrogens is 2. The average Bonchev–Trinajstić information content (AvgIpc) is 2.92. The third-order valence-corrected chi connectivity index (χ3v) is 3.08. The average molecular weight is 294 g/mol. The standard InChI is InChI=1S/C13H14N2O4S/c1-2-6-18-10-5-3-4-9(7-10)12-14-15-13(19-12)20-8-11(16)17/h3-5,7H,2,6,8H2,1H3,(H,16,17). The van der Waals surface area contributed by atoms with Crippen LogP contribution in [0.3, 0.4) is 0 Å². The first-order valence-electron chi connectivity index (χ1n) is 6.10. The van der Waals surface area contributed by atoms with Gasteiger partial charge in [-0.1, -0.05) is 24.8 Å². The number of carbonyl (C=O) groups is 1. The molecule has 0 atom stereocenters. The van der Waals surface area contributed by atoms with E-state index in [-0.39, 0.29) is 11.0 Å². The van der Waals surface area contributed by atoms with Crippen LogP contribution < -0.4 is 4.74 Å². The number of thioether (sulfide) groups is 1. The highest BCUT2D eigenvalue weighted by atomic mass is 32.2. The van der Waals surface area contributed by atoms with E-state index >= 15 is 0 Å². The molecule has 0 unspecified atom stereocenters. The summed E-state index contributed by atoms with van der Waals surface area (Å²) in [4.78, 5) is 10.5. The molecule has 0 saturated carbocycles. The van der Waals surface area contributed by atoms with Gasteiger partial charge in [-0.15, -0.1) is 10.2 Å². The van der Waals surface area contributed by atoms with Gasteiger partial charge in [0.1, 0.15) is 11.5 Å². The monoisotopic (exact) mass is 294 g/mol. The highest BCUT2D eigenvalue weighted by Crippen LogP contribution is 2.25. The summed E-state index contributed by atoms with van der Waals surface area (Å²) in [6, 6.07) is 7.34. The Morgan fingerprint density at radius 2 is 2.30 bits per heavy atom. The van der Waals surface area contributed by atoms with Crippen LogP contribution in [0.1, 0.15) is 13.3 Å². The highest BCUT2D eigenvalue weighted by Gasteiger charge is 2.11. The van der Waals surface area contributed by atoms with Crippen molar-refractivity contribution in [1.82, 2.24) is 10.2 Å². The molecule has 0 radical (unpaired) electrons. The molecule has 0 amide bonds. The fraction of sp³-hybridized carbons (Fsp3) is 0.308. The zero-order valence-electron chi connectivity index (χ0n) is 10.9. The predicted molar refractivity (Wildman–Crippen MR) is 73.9 cm³/mol. The summed E-state index contributed by atoms with van der Waals surface area (Å²) < 4.78 is 10.9. The van der Waals surface area contributed by atoms with Gasteiger partial charge < -0.3 is 14.3 Å². The maximum atomic E-state index is 10.5. The highest BCUT2D eigenvalue weighted by molar-refractivity contribution is 7.99. The molecule has 7 heteroatoms. The summed E-state index contributed by atoms with van der Waals surface area (Å²) in [6.07, 6.45) is 0.931. The van der Waals surface area contributed by atoms with Crippen molar-refractivity contribution in [1.29, 1.82) is 0 Å². The van der Waals surface area contributed by atoms with E-state index in [0.29, 0.717) is 12.5 Å². The quantitative estimate of drug-likeness (QED) is 0.786. The van der Waals surface area contributed by atoms with Gasteiger partial charge in [-0.05, 0) is 24.6 Å². The molecule has 0 aliphatic rings. The largest absolute Gasteiger partial charge is 0.494 e. The van der Waals surface area contributed by atoms with Crippen LogP contribution in [0, 0.1) is 0 Å². The van der Waals surface area contributed by atoms with Crippen LogP contribution in [-0.4, -0.2) is 33.6 Å². The second-order valence-electron chi connectivity index (χ2n) is 3.93. The first-order chi connectivity index (χ1) is 9.69. The summed E-state index contributed by atoms with van der Waals surface area (Å²) in [6.45, 7) is 2.68. The van der Waals surface area contributed by atoms with Crippen LogP contribution in [0.5, 0.6) is 5.75 Å². The molecule has 1 heterocycles. The van der Waals surface area contributed by atoms with Crippen molar-refractivity contribution in [3.05, 3.63) is 24.3 Å². The molecule has 0 spiro atoms. The van der Waals surface area contributed by atoms with Crippen LogP contribution in [0.4, 0.5) is 0 Å². The fourth-order valence-electron chi connectivity index (χ4n) is 1.45. The third-order valence-electron chi connectivity index (χ3n) is 2.28. The minimum Gasteiger partial charge on any atom is -0.494 e. The van der Waals surface area contributed by atoms with E-state index in [2.05, 4.69) is 10.2 Å². The molecule has 1 N–H and O–H groups in total. The Kier molecular flexibility index (Phi) is 5.00. The number of hydrogen-bond acceptors (Lipinski definition) is 6. The Balaban J connectivity index is 2.09. The zero-order chi connectivity index (χ0) is 14.4.